The van der Waals surface area contributed by atoms with E-state index in [9.17, 15) is 33.9 Å². The number of carboxylic acids is 2. The van der Waals surface area contributed by atoms with Crippen molar-refractivity contribution < 1.29 is 49.2 Å². The van der Waals surface area contributed by atoms with Crippen molar-refractivity contribution in [2.45, 2.75) is 56.5 Å². The summed E-state index contributed by atoms with van der Waals surface area (Å²) in [4.78, 5) is 69.6. The lowest BCUT2D eigenvalue weighted by Gasteiger charge is -2.26. The van der Waals surface area contributed by atoms with Gasteiger partial charge in [0.25, 0.3) is 0 Å². The molecule has 5 unspecified atom stereocenters. The zero-order chi connectivity index (χ0) is 24.3. The molecule has 0 rings (SSSR count). The second kappa shape index (κ2) is 13.1. The molecule has 15 heteroatoms. The summed E-state index contributed by atoms with van der Waals surface area (Å²) < 4.78 is 0. The molecule has 0 bridgehead atoms. The van der Waals surface area contributed by atoms with E-state index in [-0.39, 0.29) is 12.8 Å². The van der Waals surface area contributed by atoms with Crippen LogP contribution in [0.25, 0.3) is 0 Å². The van der Waals surface area contributed by atoms with Crippen LogP contribution in [-0.4, -0.2) is 92.9 Å². The van der Waals surface area contributed by atoms with Crippen molar-refractivity contribution in [2.75, 3.05) is 6.61 Å². The largest absolute Gasteiger partial charge is 0.481 e. The Morgan fingerprint density at radius 2 is 1.45 bits per heavy atom. The van der Waals surface area contributed by atoms with E-state index in [1.54, 1.807) is 0 Å². The zero-order valence-electron chi connectivity index (χ0n) is 16.6. The van der Waals surface area contributed by atoms with Gasteiger partial charge in [-0.15, -0.1) is 0 Å². The fraction of sp³-hybridized carbons (Fsp3) is 0.625. The quantitative estimate of drug-likeness (QED) is 0.121. The monoisotopic (exact) mass is 449 g/mol. The van der Waals surface area contributed by atoms with Crippen molar-refractivity contribution in [2.24, 2.45) is 11.5 Å². The molecule has 0 saturated heterocycles. The van der Waals surface area contributed by atoms with Crippen LogP contribution >= 0.6 is 0 Å². The van der Waals surface area contributed by atoms with Gasteiger partial charge in [-0.25, -0.2) is 4.79 Å². The number of amides is 4. The first-order valence-corrected chi connectivity index (χ1v) is 8.98. The molecule has 0 aliphatic heterocycles. The average Bonchev–Trinajstić information content (AvgIpc) is 2.66. The summed E-state index contributed by atoms with van der Waals surface area (Å²) in [5, 5.41) is 42.8. The lowest BCUT2D eigenvalue weighted by atomic mass is 10.1. The summed E-state index contributed by atoms with van der Waals surface area (Å²) in [6, 6.07) is -6.46. The van der Waals surface area contributed by atoms with Crippen molar-refractivity contribution in [3.05, 3.63) is 0 Å². The highest BCUT2D eigenvalue weighted by Gasteiger charge is 2.33. The summed E-state index contributed by atoms with van der Waals surface area (Å²) in [7, 11) is 0. The van der Waals surface area contributed by atoms with Gasteiger partial charge in [0.15, 0.2) is 0 Å². The maximum Gasteiger partial charge on any atom is 0.326 e. The van der Waals surface area contributed by atoms with Gasteiger partial charge in [-0.2, -0.15) is 0 Å². The summed E-state index contributed by atoms with van der Waals surface area (Å²) in [6.07, 6.45) is -3.19. The smallest absolute Gasteiger partial charge is 0.326 e. The van der Waals surface area contributed by atoms with Gasteiger partial charge in [-0.05, 0) is 13.3 Å². The van der Waals surface area contributed by atoms with Gasteiger partial charge >= 0.3 is 11.9 Å². The first kappa shape index (κ1) is 27.7. The molecule has 0 radical (unpaired) electrons. The average molecular weight is 449 g/mol. The molecule has 0 spiro atoms. The van der Waals surface area contributed by atoms with E-state index in [0.29, 0.717) is 0 Å². The van der Waals surface area contributed by atoms with Gasteiger partial charge in [0.05, 0.1) is 19.1 Å². The van der Waals surface area contributed by atoms with E-state index in [0.717, 1.165) is 6.92 Å². The molecule has 31 heavy (non-hydrogen) atoms. The molecule has 5 atom stereocenters. The van der Waals surface area contributed by atoms with E-state index < -0.39 is 78.9 Å². The molecule has 0 fully saturated rings. The number of aliphatic hydroxyl groups excluding tert-OH is 2. The first-order chi connectivity index (χ1) is 14.3. The Morgan fingerprint density at radius 3 is 1.87 bits per heavy atom. The van der Waals surface area contributed by atoms with Crippen molar-refractivity contribution in [1.29, 1.82) is 0 Å². The third-order valence-electron chi connectivity index (χ3n) is 3.90. The fourth-order valence-corrected chi connectivity index (χ4v) is 2.21. The standard InChI is InChI=1S/C16H27N5O10/c1-6(23)12(15(29)19-8(16(30)31)2-3-10(18)24)21-14(28)9(4-11(25)26)20-13(27)7(17)5-22/h6-9,12,22-23H,2-5,17H2,1H3,(H2,18,24)(H,19,29)(H,20,27)(H,21,28)(H,25,26)(H,30,31). The molecule has 15 nitrogen and oxygen atoms in total. The number of hydrogen-bond acceptors (Lipinski definition) is 9. The molecule has 0 aliphatic rings. The van der Waals surface area contributed by atoms with E-state index >= 15 is 0 Å². The van der Waals surface area contributed by atoms with Crippen LogP contribution in [0, 0.1) is 0 Å². The number of carboxylic acid groups (broad SMARTS) is 2. The van der Waals surface area contributed by atoms with Crippen LogP contribution in [0.5, 0.6) is 0 Å². The third-order valence-corrected chi connectivity index (χ3v) is 3.90. The van der Waals surface area contributed by atoms with Crippen molar-refractivity contribution in [3.8, 4) is 0 Å². The van der Waals surface area contributed by atoms with Crippen LogP contribution in [0.1, 0.15) is 26.2 Å². The molecule has 4 amide bonds. The number of nitrogens with one attached hydrogen (secondary N) is 3. The minimum atomic E-state index is -1.73. The highest BCUT2D eigenvalue weighted by molar-refractivity contribution is 5.95. The first-order valence-electron chi connectivity index (χ1n) is 8.98. The minimum Gasteiger partial charge on any atom is -0.481 e. The molecule has 176 valence electrons. The van der Waals surface area contributed by atoms with Crippen LogP contribution in [0.4, 0.5) is 0 Å². The van der Waals surface area contributed by atoms with Gasteiger partial charge in [0.1, 0.15) is 24.2 Å². The second-order valence-corrected chi connectivity index (χ2v) is 6.58. The Balaban J connectivity index is 5.40. The Labute approximate surface area is 176 Å². The SMILES string of the molecule is CC(O)C(NC(=O)C(CC(=O)O)NC(=O)C(N)CO)C(=O)NC(CCC(N)=O)C(=O)O. The van der Waals surface area contributed by atoms with Crippen LogP contribution in [0.15, 0.2) is 0 Å². The highest BCUT2D eigenvalue weighted by atomic mass is 16.4. The molecular weight excluding hydrogens is 422 g/mol. The van der Waals surface area contributed by atoms with Gasteiger partial charge in [0, 0.05) is 6.42 Å². The van der Waals surface area contributed by atoms with Crippen LogP contribution in [0.2, 0.25) is 0 Å². The Kier molecular flexibility index (Phi) is 11.7. The van der Waals surface area contributed by atoms with Crippen molar-refractivity contribution in [1.82, 2.24) is 16.0 Å². The lowest BCUT2D eigenvalue weighted by molar-refractivity contribution is -0.144. The van der Waals surface area contributed by atoms with E-state index in [1.165, 1.54) is 0 Å². The van der Waals surface area contributed by atoms with Crippen molar-refractivity contribution >= 4 is 35.6 Å². The van der Waals surface area contributed by atoms with Crippen LogP contribution in [0.3, 0.4) is 0 Å². The molecule has 11 N–H and O–H groups in total. The number of carbonyl (C=O) groups excluding carboxylic acids is 4. The maximum atomic E-state index is 12.4. The Bertz CT molecular complexity index is 698. The summed E-state index contributed by atoms with van der Waals surface area (Å²) in [5.74, 6) is -7.18. The molecule has 0 heterocycles. The fourth-order valence-electron chi connectivity index (χ4n) is 2.21. The molecule has 0 aromatic heterocycles. The number of aliphatic hydroxyl groups is 2. The molecule has 0 aliphatic carbocycles. The maximum absolute atomic E-state index is 12.4. The molecular formula is C16H27N5O10. The van der Waals surface area contributed by atoms with Crippen molar-refractivity contribution in [3.63, 3.8) is 0 Å². The Morgan fingerprint density at radius 1 is 0.903 bits per heavy atom. The number of primary amides is 1. The number of carbonyl (C=O) groups is 6. The zero-order valence-corrected chi connectivity index (χ0v) is 16.6. The Hall–Kier alpha value is -3.30. The lowest BCUT2D eigenvalue weighted by Crippen LogP contribution is -2.60. The van der Waals surface area contributed by atoms with Gasteiger partial charge < -0.3 is 47.8 Å². The molecule has 0 aromatic rings. The minimum absolute atomic E-state index is 0.354. The second-order valence-electron chi connectivity index (χ2n) is 6.58. The molecule has 0 saturated carbocycles. The van der Waals surface area contributed by atoms with E-state index in [4.69, 9.17) is 26.8 Å². The number of nitrogens with two attached hydrogens (primary N) is 2. The summed E-state index contributed by atoms with van der Waals surface area (Å²) >= 11 is 0. The van der Waals surface area contributed by atoms with Crippen LogP contribution < -0.4 is 27.4 Å². The van der Waals surface area contributed by atoms with Gasteiger partial charge in [-0.3, -0.25) is 24.0 Å². The third kappa shape index (κ3) is 10.3. The van der Waals surface area contributed by atoms with Gasteiger partial charge in [-0.1, -0.05) is 0 Å². The highest BCUT2D eigenvalue weighted by Crippen LogP contribution is 2.03. The molecule has 0 aromatic carbocycles. The number of aliphatic carboxylic acids is 2. The summed E-state index contributed by atoms with van der Waals surface area (Å²) in [6.45, 7) is 0.310. The normalized spacial score (nSPS) is 15.5. The predicted octanol–water partition coefficient (Wildman–Crippen LogP) is -5.03. The van der Waals surface area contributed by atoms with Gasteiger partial charge in [0.2, 0.25) is 23.6 Å². The predicted molar refractivity (Wildman–Crippen MR) is 101 cm³/mol. The topological polar surface area (TPSA) is 271 Å². The van der Waals surface area contributed by atoms with E-state index in [1.807, 2.05) is 16.0 Å². The summed E-state index contributed by atoms with van der Waals surface area (Å²) in [5.41, 5.74) is 10.2. The number of hydrogen-bond donors (Lipinski definition) is 9. The van der Waals surface area contributed by atoms with Crippen LogP contribution in [-0.2, 0) is 28.8 Å². The van der Waals surface area contributed by atoms with E-state index in [2.05, 4.69) is 0 Å². The number of rotatable bonds is 14.